The van der Waals surface area contributed by atoms with E-state index in [4.69, 9.17) is 9.47 Å². The van der Waals surface area contributed by atoms with Crippen LogP contribution in [0.1, 0.15) is 48.9 Å². The van der Waals surface area contributed by atoms with Crippen LogP contribution in [0.25, 0.3) is 0 Å². The summed E-state index contributed by atoms with van der Waals surface area (Å²) in [5, 5.41) is 9.24. The number of rotatable bonds is 11. The quantitative estimate of drug-likeness (QED) is 0.160. The molecule has 0 aromatic heterocycles. The van der Waals surface area contributed by atoms with Gasteiger partial charge in [-0.25, -0.2) is 5.43 Å². The number of hydrogen-bond donors (Lipinski definition) is 3. The van der Waals surface area contributed by atoms with Crippen LogP contribution < -0.4 is 25.5 Å². The molecule has 0 atom stereocenters. The van der Waals surface area contributed by atoms with Crippen molar-refractivity contribution in [1.82, 2.24) is 10.7 Å². The summed E-state index contributed by atoms with van der Waals surface area (Å²) in [6.45, 7) is 8.36. The van der Waals surface area contributed by atoms with E-state index in [-0.39, 0.29) is 19.1 Å². The SMILES string of the molecule is CCOc1cc(/C=N\NC(=O)C(=O)NCc2ccc(C(C)C)cc2)ccc1OCC(=O)Nc1ccc(Br)c(C)c1. The molecule has 10 heteroatoms. The number of aryl methyl sites for hydroxylation is 1. The van der Waals surface area contributed by atoms with Crippen molar-refractivity contribution in [2.24, 2.45) is 5.10 Å². The van der Waals surface area contributed by atoms with Gasteiger partial charge in [-0.3, -0.25) is 14.4 Å². The van der Waals surface area contributed by atoms with Gasteiger partial charge in [0.25, 0.3) is 5.91 Å². The molecule has 0 aliphatic heterocycles. The van der Waals surface area contributed by atoms with E-state index in [0.717, 1.165) is 15.6 Å². The van der Waals surface area contributed by atoms with Crippen molar-refractivity contribution in [3.63, 3.8) is 0 Å². The highest BCUT2D eigenvalue weighted by molar-refractivity contribution is 9.10. The third-order valence-electron chi connectivity index (χ3n) is 5.75. The van der Waals surface area contributed by atoms with Crippen LogP contribution in [-0.4, -0.2) is 37.1 Å². The van der Waals surface area contributed by atoms with Crippen LogP contribution in [0.4, 0.5) is 5.69 Å². The molecule has 3 N–H and O–H groups in total. The van der Waals surface area contributed by atoms with Gasteiger partial charge in [0.15, 0.2) is 18.1 Å². The maximum atomic E-state index is 12.4. The Labute approximate surface area is 242 Å². The number of nitrogens with zero attached hydrogens (tertiary/aromatic N) is 1. The first-order valence-corrected chi connectivity index (χ1v) is 13.6. The second kappa shape index (κ2) is 14.8. The number of nitrogens with one attached hydrogen (secondary N) is 3. The van der Waals surface area contributed by atoms with Gasteiger partial charge in [0.1, 0.15) is 0 Å². The van der Waals surface area contributed by atoms with Crippen molar-refractivity contribution in [3.8, 4) is 11.5 Å². The average Bonchev–Trinajstić information content (AvgIpc) is 2.93. The first-order chi connectivity index (χ1) is 19.2. The van der Waals surface area contributed by atoms with Gasteiger partial charge in [-0.2, -0.15) is 5.10 Å². The third kappa shape index (κ3) is 9.23. The summed E-state index contributed by atoms with van der Waals surface area (Å²) in [4.78, 5) is 36.6. The third-order valence-corrected chi connectivity index (χ3v) is 6.64. The Morgan fingerprint density at radius 1 is 0.950 bits per heavy atom. The Bertz CT molecular complexity index is 1370. The highest BCUT2D eigenvalue weighted by Gasteiger charge is 2.13. The predicted molar refractivity (Wildman–Crippen MR) is 159 cm³/mol. The Hall–Kier alpha value is -4.18. The van der Waals surface area contributed by atoms with Crippen molar-refractivity contribution >= 4 is 45.6 Å². The van der Waals surface area contributed by atoms with Crippen LogP contribution >= 0.6 is 15.9 Å². The average molecular weight is 610 g/mol. The van der Waals surface area contributed by atoms with Crippen molar-refractivity contribution in [2.75, 3.05) is 18.5 Å². The van der Waals surface area contributed by atoms with Gasteiger partial charge >= 0.3 is 11.8 Å². The Morgan fingerprint density at radius 2 is 1.70 bits per heavy atom. The van der Waals surface area contributed by atoms with E-state index in [9.17, 15) is 14.4 Å². The Morgan fingerprint density at radius 3 is 2.38 bits per heavy atom. The molecule has 40 heavy (non-hydrogen) atoms. The Balaban J connectivity index is 1.51. The molecule has 0 bridgehead atoms. The van der Waals surface area contributed by atoms with Crippen LogP contribution in [0.3, 0.4) is 0 Å². The molecule has 0 spiro atoms. The number of hydrogen-bond acceptors (Lipinski definition) is 6. The molecule has 0 radical (unpaired) electrons. The number of benzene rings is 3. The summed E-state index contributed by atoms with van der Waals surface area (Å²) in [6.07, 6.45) is 1.38. The Kier molecular flexibility index (Phi) is 11.3. The summed E-state index contributed by atoms with van der Waals surface area (Å²) >= 11 is 3.43. The van der Waals surface area contributed by atoms with E-state index >= 15 is 0 Å². The first-order valence-electron chi connectivity index (χ1n) is 12.8. The standard InChI is InChI=1S/C30H33BrN4O5/c1-5-39-27-15-22(8-13-26(27)40-18-28(36)34-24-11-12-25(31)20(4)14-24)17-33-35-30(38)29(37)32-16-21-6-9-23(10-7-21)19(2)3/h6-15,17,19H,5,16,18H2,1-4H3,(H,32,37)(H,34,36)(H,35,38)/b33-17-. The summed E-state index contributed by atoms with van der Waals surface area (Å²) < 4.78 is 12.3. The molecular formula is C30H33BrN4O5. The summed E-state index contributed by atoms with van der Waals surface area (Å²) in [5.41, 5.74) is 6.57. The van der Waals surface area contributed by atoms with Gasteiger partial charge in [-0.15, -0.1) is 0 Å². The zero-order valence-electron chi connectivity index (χ0n) is 22.9. The lowest BCUT2D eigenvalue weighted by Crippen LogP contribution is -2.37. The molecule has 3 aromatic rings. The van der Waals surface area contributed by atoms with Crippen LogP contribution in [-0.2, 0) is 20.9 Å². The highest BCUT2D eigenvalue weighted by Crippen LogP contribution is 2.28. The highest BCUT2D eigenvalue weighted by atomic mass is 79.9. The van der Waals surface area contributed by atoms with Crippen molar-refractivity contribution in [1.29, 1.82) is 0 Å². The van der Waals surface area contributed by atoms with E-state index in [1.165, 1.54) is 11.8 Å². The molecule has 0 unspecified atom stereocenters. The molecule has 0 aliphatic rings. The minimum absolute atomic E-state index is 0.213. The first kappa shape index (κ1) is 30.4. The minimum Gasteiger partial charge on any atom is -0.490 e. The summed E-state index contributed by atoms with van der Waals surface area (Å²) in [7, 11) is 0. The largest absolute Gasteiger partial charge is 0.490 e. The number of carbonyl (C=O) groups excluding carboxylic acids is 3. The number of halogens is 1. The molecule has 210 valence electrons. The number of hydrazone groups is 1. The van der Waals surface area contributed by atoms with Crippen molar-refractivity contribution in [2.45, 2.75) is 40.2 Å². The van der Waals surface area contributed by atoms with Crippen LogP contribution in [0.5, 0.6) is 11.5 Å². The van der Waals surface area contributed by atoms with E-state index in [0.29, 0.717) is 35.3 Å². The second-order valence-corrected chi connectivity index (χ2v) is 10.1. The fourth-order valence-electron chi connectivity index (χ4n) is 3.55. The molecule has 0 saturated heterocycles. The lowest BCUT2D eigenvalue weighted by atomic mass is 10.0. The zero-order valence-corrected chi connectivity index (χ0v) is 24.5. The molecule has 0 saturated carbocycles. The van der Waals surface area contributed by atoms with Crippen LogP contribution in [0.15, 0.2) is 70.2 Å². The van der Waals surface area contributed by atoms with E-state index in [1.807, 2.05) is 50.2 Å². The molecule has 0 heterocycles. The van der Waals surface area contributed by atoms with Gasteiger partial charge in [0.2, 0.25) is 0 Å². The van der Waals surface area contributed by atoms with Gasteiger partial charge in [0.05, 0.1) is 12.8 Å². The number of amides is 3. The molecule has 9 nitrogen and oxygen atoms in total. The molecule has 3 rings (SSSR count). The fraction of sp³-hybridized carbons (Fsp3) is 0.267. The van der Waals surface area contributed by atoms with Gasteiger partial charge in [0, 0.05) is 16.7 Å². The zero-order chi connectivity index (χ0) is 29.1. The monoisotopic (exact) mass is 608 g/mol. The molecular weight excluding hydrogens is 576 g/mol. The number of ether oxygens (including phenoxy) is 2. The molecule has 3 amide bonds. The lowest BCUT2D eigenvalue weighted by Gasteiger charge is -2.13. The molecule has 0 fully saturated rings. The number of carbonyl (C=O) groups is 3. The second-order valence-electron chi connectivity index (χ2n) is 9.22. The molecule has 0 aliphatic carbocycles. The van der Waals surface area contributed by atoms with E-state index < -0.39 is 11.8 Å². The molecule has 3 aromatic carbocycles. The smallest absolute Gasteiger partial charge is 0.329 e. The number of anilines is 1. The maximum absolute atomic E-state index is 12.4. The predicted octanol–water partition coefficient (Wildman–Crippen LogP) is 5.06. The van der Waals surface area contributed by atoms with Gasteiger partial charge < -0.3 is 20.1 Å². The lowest BCUT2D eigenvalue weighted by molar-refractivity contribution is -0.139. The topological polar surface area (TPSA) is 118 Å². The summed E-state index contributed by atoms with van der Waals surface area (Å²) in [5.74, 6) is -0.785. The van der Waals surface area contributed by atoms with E-state index in [1.54, 1.807) is 24.3 Å². The van der Waals surface area contributed by atoms with E-state index in [2.05, 4.69) is 50.9 Å². The normalized spacial score (nSPS) is 10.8. The maximum Gasteiger partial charge on any atom is 0.329 e. The van der Waals surface area contributed by atoms with Crippen molar-refractivity contribution in [3.05, 3.63) is 87.4 Å². The fourth-order valence-corrected chi connectivity index (χ4v) is 3.80. The van der Waals surface area contributed by atoms with Gasteiger partial charge in [-0.05, 0) is 78.4 Å². The van der Waals surface area contributed by atoms with Gasteiger partial charge in [-0.1, -0.05) is 54.0 Å². The van der Waals surface area contributed by atoms with Crippen molar-refractivity contribution < 1.29 is 23.9 Å². The van der Waals surface area contributed by atoms with Crippen LogP contribution in [0, 0.1) is 6.92 Å². The van der Waals surface area contributed by atoms with Crippen LogP contribution in [0.2, 0.25) is 0 Å². The summed E-state index contributed by atoms with van der Waals surface area (Å²) in [6, 6.07) is 18.3. The minimum atomic E-state index is -0.882.